The second kappa shape index (κ2) is 3.92. The summed E-state index contributed by atoms with van der Waals surface area (Å²) >= 11 is 0. The fourth-order valence-corrected chi connectivity index (χ4v) is 1.69. The van der Waals surface area contributed by atoms with Crippen LogP contribution in [0.2, 0.25) is 0 Å². The number of aryl methyl sites for hydroxylation is 1. The van der Waals surface area contributed by atoms with Crippen LogP contribution in [-0.2, 0) is 6.42 Å². The molecule has 0 aromatic carbocycles. The first-order valence-corrected chi connectivity index (χ1v) is 5.32. The quantitative estimate of drug-likeness (QED) is 0.792. The Morgan fingerprint density at radius 3 is 2.87 bits per heavy atom. The molecule has 0 spiro atoms. The van der Waals surface area contributed by atoms with E-state index in [4.69, 9.17) is 4.52 Å². The predicted octanol–water partition coefficient (Wildman–Crippen LogP) is 1.52. The average Bonchev–Trinajstić information content (AvgIpc) is 2.62. The van der Waals surface area contributed by atoms with Gasteiger partial charge in [0.2, 0.25) is 5.88 Å². The van der Waals surface area contributed by atoms with Crippen LogP contribution in [0.25, 0.3) is 0 Å². The van der Waals surface area contributed by atoms with Crippen molar-refractivity contribution in [2.24, 2.45) is 0 Å². The SMILES string of the molecule is CCCc1noc2c1C(=O)NC(CC)N2. The minimum Gasteiger partial charge on any atom is -0.338 e. The molecule has 2 rings (SSSR count). The molecular formula is C10H15N3O2. The molecule has 5 heteroatoms. The Labute approximate surface area is 88.2 Å². The van der Waals surface area contributed by atoms with E-state index < -0.39 is 0 Å². The number of amides is 1. The monoisotopic (exact) mass is 209 g/mol. The highest BCUT2D eigenvalue weighted by Crippen LogP contribution is 2.25. The molecule has 5 nitrogen and oxygen atoms in total. The summed E-state index contributed by atoms with van der Waals surface area (Å²) in [5, 5.41) is 9.86. The molecule has 1 aromatic rings. The zero-order valence-corrected chi connectivity index (χ0v) is 8.96. The van der Waals surface area contributed by atoms with Crippen molar-refractivity contribution < 1.29 is 9.32 Å². The molecule has 1 atom stereocenters. The van der Waals surface area contributed by atoms with E-state index in [1.165, 1.54) is 0 Å². The first-order valence-electron chi connectivity index (χ1n) is 5.32. The van der Waals surface area contributed by atoms with E-state index in [2.05, 4.69) is 15.8 Å². The van der Waals surface area contributed by atoms with Gasteiger partial charge in [0.05, 0.1) is 5.69 Å². The largest absolute Gasteiger partial charge is 0.338 e. The number of carbonyl (C=O) groups is 1. The molecule has 2 heterocycles. The molecule has 82 valence electrons. The summed E-state index contributed by atoms with van der Waals surface area (Å²) in [7, 11) is 0. The molecule has 0 fully saturated rings. The highest BCUT2D eigenvalue weighted by Gasteiger charge is 2.29. The van der Waals surface area contributed by atoms with Gasteiger partial charge in [-0.05, 0) is 12.8 Å². The molecule has 0 saturated heterocycles. The highest BCUT2D eigenvalue weighted by molar-refractivity contribution is 6.01. The Morgan fingerprint density at radius 1 is 1.40 bits per heavy atom. The lowest BCUT2D eigenvalue weighted by molar-refractivity contribution is 0.0932. The lowest BCUT2D eigenvalue weighted by Gasteiger charge is -2.22. The molecule has 1 aliphatic rings. The lowest BCUT2D eigenvalue weighted by Crippen LogP contribution is -2.44. The van der Waals surface area contributed by atoms with Crippen LogP contribution < -0.4 is 10.6 Å². The number of aromatic nitrogens is 1. The fraction of sp³-hybridized carbons (Fsp3) is 0.600. The van der Waals surface area contributed by atoms with Crippen molar-refractivity contribution in [3.05, 3.63) is 11.3 Å². The number of nitrogens with zero attached hydrogens (tertiary/aromatic N) is 1. The molecule has 1 aromatic heterocycles. The van der Waals surface area contributed by atoms with Gasteiger partial charge in [0.1, 0.15) is 11.7 Å². The third-order valence-electron chi connectivity index (χ3n) is 2.50. The van der Waals surface area contributed by atoms with Crippen molar-refractivity contribution in [2.45, 2.75) is 39.3 Å². The Morgan fingerprint density at radius 2 is 2.20 bits per heavy atom. The van der Waals surface area contributed by atoms with E-state index in [9.17, 15) is 4.79 Å². The summed E-state index contributed by atoms with van der Waals surface area (Å²) in [6.07, 6.45) is 2.48. The van der Waals surface area contributed by atoms with Gasteiger partial charge in [-0.1, -0.05) is 25.4 Å². The van der Waals surface area contributed by atoms with E-state index in [-0.39, 0.29) is 12.1 Å². The Balaban J connectivity index is 2.30. The van der Waals surface area contributed by atoms with Gasteiger partial charge in [-0.2, -0.15) is 0 Å². The molecule has 0 bridgehead atoms. The van der Waals surface area contributed by atoms with Crippen molar-refractivity contribution >= 4 is 11.8 Å². The van der Waals surface area contributed by atoms with Crippen LogP contribution in [0.5, 0.6) is 0 Å². The smallest absolute Gasteiger partial charge is 0.260 e. The second-order valence-electron chi connectivity index (χ2n) is 3.66. The average molecular weight is 209 g/mol. The number of carbonyl (C=O) groups excluding carboxylic acids is 1. The molecule has 1 aliphatic heterocycles. The van der Waals surface area contributed by atoms with Crippen LogP contribution in [0.3, 0.4) is 0 Å². The Kier molecular flexibility index (Phi) is 2.62. The van der Waals surface area contributed by atoms with Crippen LogP contribution in [0.4, 0.5) is 5.88 Å². The highest BCUT2D eigenvalue weighted by atomic mass is 16.5. The molecule has 0 aliphatic carbocycles. The van der Waals surface area contributed by atoms with E-state index in [0.717, 1.165) is 25.0 Å². The zero-order valence-electron chi connectivity index (χ0n) is 8.96. The van der Waals surface area contributed by atoms with E-state index in [1.54, 1.807) is 0 Å². The van der Waals surface area contributed by atoms with Gasteiger partial charge in [0, 0.05) is 0 Å². The summed E-state index contributed by atoms with van der Waals surface area (Å²) in [6.45, 7) is 4.04. The van der Waals surface area contributed by atoms with Gasteiger partial charge in [-0.25, -0.2) is 0 Å². The number of fused-ring (bicyclic) bond motifs is 1. The summed E-state index contributed by atoms with van der Waals surface area (Å²) in [4.78, 5) is 11.8. The van der Waals surface area contributed by atoms with Crippen LogP contribution in [0.15, 0.2) is 4.52 Å². The number of hydrogen-bond donors (Lipinski definition) is 2. The topological polar surface area (TPSA) is 67.2 Å². The fourth-order valence-electron chi connectivity index (χ4n) is 1.69. The van der Waals surface area contributed by atoms with E-state index >= 15 is 0 Å². The van der Waals surface area contributed by atoms with Crippen LogP contribution in [0.1, 0.15) is 42.7 Å². The third kappa shape index (κ3) is 1.69. The van der Waals surface area contributed by atoms with Crippen molar-refractivity contribution in [2.75, 3.05) is 5.32 Å². The first-order chi connectivity index (χ1) is 7.26. The summed E-state index contributed by atoms with van der Waals surface area (Å²) < 4.78 is 5.12. The summed E-state index contributed by atoms with van der Waals surface area (Å²) in [5.74, 6) is 0.425. The molecule has 2 N–H and O–H groups in total. The number of hydrogen-bond acceptors (Lipinski definition) is 4. The molecule has 0 radical (unpaired) electrons. The minimum absolute atomic E-state index is 0.0487. The van der Waals surface area contributed by atoms with Gasteiger partial charge in [0.15, 0.2) is 0 Å². The molecule has 1 unspecified atom stereocenters. The van der Waals surface area contributed by atoms with Gasteiger partial charge in [-0.15, -0.1) is 0 Å². The molecule has 1 amide bonds. The van der Waals surface area contributed by atoms with Crippen molar-refractivity contribution in [1.29, 1.82) is 0 Å². The predicted molar refractivity (Wildman–Crippen MR) is 55.7 cm³/mol. The maximum atomic E-state index is 11.8. The van der Waals surface area contributed by atoms with Gasteiger partial charge in [-0.3, -0.25) is 4.79 Å². The lowest BCUT2D eigenvalue weighted by atomic mass is 10.1. The number of nitrogens with one attached hydrogen (secondary N) is 2. The van der Waals surface area contributed by atoms with Crippen LogP contribution in [-0.4, -0.2) is 17.2 Å². The summed E-state index contributed by atoms with van der Waals surface area (Å²) in [5.41, 5.74) is 1.31. The van der Waals surface area contributed by atoms with E-state index in [0.29, 0.717) is 11.4 Å². The second-order valence-corrected chi connectivity index (χ2v) is 3.66. The molecular weight excluding hydrogens is 194 g/mol. The molecule has 15 heavy (non-hydrogen) atoms. The molecule has 0 saturated carbocycles. The van der Waals surface area contributed by atoms with Crippen LogP contribution >= 0.6 is 0 Å². The normalized spacial score (nSPS) is 19.3. The van der Waals surface area contributed by atoms with Gasteiger partial charge < -0.3 is 15.2 Å². The van der Waals surface area contributed by atoms with Gasteiger partial charge >= 0.3 is 0 Å². The minimum atomic E-state index is -0.0831. The van der Waals surface area contributed by atoms with Crippen molar-refractivity contribution in [3.63, 3.8) is 0 Å². The standard InChI is InChI=1S/C10H15N3O2/c1-3-5-6-8-9(14)11-7(4-2)12-10(8)15-13-6/h7,12H,3-5H2,1-2H3,(H,11,14). The maximum absolute atomic E-state index is 11.8. The zero-order chi connectivity index (χ0) is 10.8. The Hall–Kier alpha value is -1.52. The summed E-state index contributed by atoms with van der Waals surface area (Å²) in [6, 6.07) is 0. The maximum Gasteiger partial charge on any atom is 0.260 e. The first kappa shape index (κ1) is 10.0. The van der Waals surface area contributed by atoms with Gasteiger partial charge in [0.25, 0.3) is 5.91 Å². The van der Waals surface area contributed by atoms with E-state index in [1.807, 2.05) is 13.8 Å². The van der Waals surface area contributed by atoms with Crippen LogP contribution in [0, 0.1) is 0 Å². The van der Waals surface area contributed by atoms with Crippen molar-refractivity contribution in [1.82, 2.24) is 10.5 Å². The number of anilines is 1. The number of rotatable bonds is 3. The van der Waals surface area contributed by atoms with Crippen molar-refractivity contribution in [3.8, 4) is 0 Å². The third-order valence-corrected chi connectivity index (χ3v) is 2.50. The Bertz CT molecular complexity index is 373.